The highest BCUT2D eigenvalue weighted by molar-refractivity contribution is 5.95. The Kier molecular flexibility index (Phi) is 6.19. The van der Waals surface area contributed by atoms with Crippen LogP contribution in [0.2, 0.25) is 0 Å². The van der Waals surface area contributed by atoms with Gasteiger partial charge in [0, 0.05) is 12.7 Å². The van der Waals surface area contributed by atoms with E-state index in [0.29, 0.717) is 24.8 Å². The Balaban J connectivity index is 2.10. The van der Waals surface area contributed by atoms with E-state index in [1.165, 1.54) is 0 Å². The Morgan fingerprint density at radius 3 is 2.65 bits per heavy atom. The first-order valence-corrected chi connectivity index (χ1v) is 8.56. The molecule has 1 fully saturated rings. The second-order valence-corrected chi connectivity index (χ2v) is 6.26. The van der Waals surface area contributed by atoms with Gasteiger partial charge in [0.2, 0.25) is 0 Å². The lowest BCUT2D eigenvalue weighted by atomic mass is 9.79. The van der Waals surface area contributed by atoms with Gasteiger partial charge in [-0.05, 0) is 44.6 Å². The van der Waals surface area contributed by atoms with Crippen molar-refractivity contribution in [3.05, 3.63) is 18.0 Å². The van der Waals surface area contributed by atoms with E-state index in [2.05, 4.69) is 17.3 Å². The van der Waals surface area contributed by atoms with Gasteiger partial charge < -0.3 is 10.1 Å². The highest BCUT2D eigenvalue weighted by Crippen LogP contribution is 2.31. The molecule has 1 amide bonds. The number of aryl methyl sites for hydroxylation is 1. The van der Waals surface area contributed by atoms with E-state index in [1.807, 2.05) is 6.92 Å². The van der Waals surface area contributed by atoms with E-state index in [4.69, 9.17) is 4.74 Å². The Morgan fingerprint density at radius 2 is 2.04 bits per heavy atom. The summed E-state index contributed by atoms with van der Waals surface area (Å²) in [6.45, 7) is 6.87. The average molecular weight is 321 g/mol. The van der Waals surface area contributed by atoms with Crippen molar-refractivity contribution in [2.75, 3.05) is 6.61 Å². The van der Waals surface area contributed by atoms with Crippen LogP contribution in [0.15, 0.2) is 12.3 Å². The number of ether oxygens (including phenoxy) is 1. The third-order valence-corrected chi connectivity index (χ3v) is 4.61. The van der Waals surface area contributed by atoms with E-state index in [9.17, 15) is 9.59 Å². The van der Waals surface area contributed by atoms with E-state index >= 15 is 0 Å². The number of rotatable bonds is 6. The van der Waals surface area contributed by atoms with E-state index in [0.717, 1.165) is 25.7 Å². The molecule has 1 atom stereocenters. The molecule has 1 N–H and O–H groups in total. The fourth-order valence-corrected chi connectivity index (χ4v) is 3.21. The SMILES string of the molecule is CCOC(=O)[C@@H](NC(=O)c1ccnn1CC)C1CCC(C)CC1. The van der Waals surface area contributed by atoms with Crippen molar-refractivity contribution in [2.24, 2.45) is 11.8 Å². The third kappa shape index (κ3) is 4.33. The summed E-state index contributed by atoms with van der Waals surface area (Å²) in [5, 5.41) is 7.00. The normalized spacial score (nSPS) is 22.4. The van der Waals surface area contributed by atoms with Gasteiger partial charge in [-0.2, -0.15) is 5.10 Å². The maximum Gasteiger partial charge on any atom is 0.328 e. The van der Waals surface area contributed by atoms with Crippen LogP contribution in [0, 0.1) is 11.8 Å². The van der Waals surface area contributed by atoms with Crippen LogP contribution >= 0.6 is 0 Å². The van der Waals surface area contributed by atoms with Gasteiger partial charge in [-0.1, -0.05) is 19.8 Å². The molecule has 2 rings (SSSR count). The molecule has 6 heteroatoms. The minimum absolute atomic E-state index is 0.146. The summed E-state index contributed by atoms with van der Waals surface area (Å²) in [7, 11) is 0. The van der Waals surface area contributed by atoms with Gasteiger partial charge in [-0.3, -0.25) is 9.48 Å². The Morgan fingerprint density at radius 1 is 1.35 bits per heavy atom. The zero-order valence-electron chi connectivity index (χ0n) is 14.2. The molecular formula is C17H27N3O3. The molecule has 6 nitrogen and oxygen atoms in total. The van der Waals surface area contributed by atoms with Gasteiger partial charge >= 0.3 is 5.97 Å². The zero-order valence-corrected chi connectivity index (χ0v) is 14.2. The molecule has 1 aliphatic rings. The summed E-state index contributed by atoms with van der Waals surface area (Å²) < 4.78 is 6.81. The molecule has 1 aromatic rings. The lowest BCUT2D eigenvalue weighted by Crippen LogP contribution is -2.48. The molecule has 0 spiro atoms. The molecule has 1 aromatic heterocycles. The molecule has 1 aliphatic carbocycles. The average Bonchev–Trinajstić information content (AvgIpc) is 3.02. The minimum Gasteiger partial charge on any atom is -0.464 e. The van der Waals surface area contributed by atoms with Crippen molar-refractivity contribution >= 4 is 11.9 Å². The molecule has 0 aromatic carbocycles. The molecule has 0 aliphatic heterocycles. The Labute approximate surface area is 137 Å². The number of carbonyl (C=O) groups excluding carboxylic acids is 2. The van der Waals surface area contributed by atoms with E-state index < -0.39 is 6.04 Å². The van der Waals surface area contributed by atoms with Crippen molar-refractivity contribution in [3.8, 4) is 0 Å². The highest BCUT2D eigenvalue weighted by Gasteiger charge is 2.34. The fourth-order valence-electron chi connectivity index (χ4n) is 3.21. The highest BCUT2D eigenvalue weighted by atomic mass is 16.5. The quantitative estimate of drug-likeness (QED) is 0.817. The van der Waals surface area contributed by atoms with Crippen molar-refractivity contribution in [1.82, 2.24) is 15.1 Å². The summed E-state index contributed by atoms with van der Waals surface area (Å²) in [5.41, 5.74) is 0.478. The lowest BCUT2D eigenvalue weighted by Gasteiger charge is -2.31. The number of esters is 1. The first-order valence-electron chi connectivity index (χ1n) is 8.56. The number of hydrogen-bond acceptors (Lipinski definition) is 4. The van der Waals surface area contributed by atoms with Crippen LogP contribution in [-0.2, 0) is 16.1 Å². The summed E-state index contributed by atoms with van der Waals surface area (Å²) in [6, 6.07) is 1.10. The van der Waals surface area contributed by atoms with E-state index in [-0.39, 0.29) is 17.8 Å². The zero-order chi connectivity index (χ0) is 16.8. The molecule has 128 valence electrons. The number of nitrogens with zero attached hydrogens (tertiary/aromatic N) is 2. The smallest absolute Gasteiger partial charge is 0.328 e. The van der Waals surface area contributed by atoms with Crippen LogP contribution in [0.1, 0.15) is 56.9 Å². The van der Waals surface area contributed by atoms with Gasteiger partial charge in [-0.25, -0.2) is 4.79 Å². The number of amides is 1. The molecule has 0 radical (unpaired) electrons. The van der Waals surface area contributed by atoms with Crippen LogP contribution in [-0.4, -0.2) is 34.3 Å². The molecule has 1 saturated carbocycles. The van der Waals surface area contributed by atoms with Crippen LogP contribution < -0.4 is 5.32 Å². The second kappa shape index (κ2) is 8.13. The van der Waals surface area contributed by atoms with Gasteiger partial charge in [0.1, 0.15) is 11.7 Å². The third-order valence-electron chi connectivity index (χ3n) is 4.61. The van der Waals surface area contributed by atoms with Crippen LogP contribution in [0.25, 0.3) is 0 Å². The fraction of sp³-hybridized carbons (Fsp3) is 0.706. The molecule has 0 saturated heterocycles. The Bertz CT molecular complexity index is 533. The predicted molar refractivity (Wildman–Crippen MR) is 86.9 cm³/mol. The first kappa shape index (κ1) is 17.5. The summed E-state index contributed by atoms with van der Waals surface area (Å²) >= 11 is 0. The van der Waals surface area contributed by atoms with Crippen molar-refractivity contribution in [1.29, 1.82) is 0 Å². The summed E-state index contributed by atoms with van der Waals surface area (Å²) in [5.74, 6) is 0.238. The van der Waals surface area contributed by atoms with Gasteiger partial charge in [0.25, 0.3) is 5.91 Å². The molecule has 23 heavy (non-hydrogen) atoms. The summed E-state index contributed by atoms with van der Waals surface area (Å²) in [6.07, 6.45) is 5.66. The number of carbonyl (C=O) groups is 2. The van der Waals surface area contributed by atoms with Crippen molar-refractivity contribution in [3.63, 3.8) is 0 Å². The van der Waals surface area contributed by atoms with Crippen LogP contribution in [0.3, 0.4) is 0 Å². The standard InChI is InChI=1S/C17H27N3O3/c1-4-20-14(10-11-18-20)16(21)19-15(17(22)23-5-2)13-8-6-12(3)7-9-13/h10-13,15H,4-9H2,1-3H3,(H,19,21)/t12?,13?,15-/m0/s1. The van der Waals surface area contributed by atoms with Crippen LogP contribution in [0.5, 0.6) is 0 Å². The topological polar surface area (TPSA) is 73.2 Å². The maximum atomic E-state index is 12.5. The Hall–Kier alpha value is -1.85. The predicted octanol–water partition coefficient (Wildman–Crippen LogP) is 2.39. The maximum absolute atomic E-state index is 12.5. The summed E-state index contributed by atoms with van der Waals surface area (Å²) in [4.78, 5) is 24.9. The van der Waals surface area contributed by atoms with Gasteiger partial charge in [0.15, 0.2) is 0 Å². The molecular weight excluding hydrogens is 294 g/mol. The first-order chi connectivity index (χ1) is 11.1. The molecule has 1 heterocycles. The van der Waals surface area contributed by atoms with Gasteiger partial charge in [0.05, 0.1) is 6.61 Å². The largest absolute Gasteiger partial charge is 0.464 e. The second-order valence-electron chi connectivity index (χ2n) is 6.26. The van der Waals surface area contributed by atoms with Crippen LogP contribution in [0.4, 0.5) is 0 Å². The molecule has 0 unspecified atom stereocenters. The monoisotopic (exact) mass is 321 g/mol. The number of aromatic nitrogens is 2. The molecule has 0 bridgehead atoms. The van der Waals surface area contributed by atoms with E-state index in [1.54, 1.807) is 23.9 Å². The van der Waals surface area contributed by atoms with Crippen molar-refractivity contribution in [2.45, 2.75) is 59.0 Å². The van der Waals surface area contributed by atoms with Crippen molar-refractivity contribution < 1.29 is 14.3 Å². The lowest BCUT2D eigenvalue weighted by molar-refractivity contribution is -0.147. The number of hydrogen-bond donors (Lipinski definition) is 1. The number of nitrogens with one attached hydrogen (secondary N) is 1. The minimum atomic E-state index is -0.574. The van der Waals surface area contributed by atoms with Gasteiger partial charge in [-0.15, -0.1) is 0 Å².